The van der Waals surface area contributed by atoms with Crippen molar-refractivity contribution >= 4 is 51.0 Å². The molecule has 3 aromatic rings. The number of nitriles is 1. The van der Waals surface area contributed by atoms with Crippen molar-refractivity contribution in [2.45, 2.75) is 77.2 Å². The number of hydrazone groups is 1. The number of benzene rings is 2. The Labute approximate surface area is 291 Å². The van der Waals surface area contributed by atoms with Gasteiger partial charge in [-0.2, -0.15) is 10.4 Å². The van der Waals surface area contributed by atoms with Gasteiger partial charge in [0.05, 0.1) is 17.4 Å². The first-order valence-electron chi connectivity index (χ1n) is 17.0. The lowest BCUT2D eigenvalue weighted by Crippen LogP contribution is -2.50. The number of carbonyl (C=O) groups is 2. The standard InChI is InChI=1S/C39H41ClN4O3S/c1-38-18-16-27(45)20-24(38)8-13-28-30-14-15-31(39(30,2)19-17-32(28)38)29-22-48-37(34(29)35(46)23-6-4-3-5-7-23)42-36(47)33(21-41)44-43-26-11-9-25(40)10-12-26/h3-12,22,27-28,30-32,43,45H,13-20H2,1-2H3,(H,42,47)/b44-33+/t27-,28-,30-,31+,32-,38-,39-/m0/s1. The van der Waals surface area contributed by atoms with Crippen LogP contribution >= 0.6 is 22.9 Å². The third-order valence-electron chi connectivity index (χ3n) is 12.2. The van der Waals surface area contributed by atoms with Gasteiger partial charge in [0.2, 0.25) is 5.71 Å². The Bertz CT molecular complexity index is 1830. The normalized spacial score (nSPS) is 31.0. The topological polar surface area (TPSA) is 115 Å². The SMILES string of the molecule is C[C@]12CC[C@H]3[C@@H](CC=C4C[C@@H](O)CC[C@@]43C)[C@@H]1CC[C@@H]2c1csc(NC(=O)/C(C#N)=N/Nc2ccc(Cl)cc2)c1C(=O)c1ccccc1. The molecule has 4 aliphatic carbocycles. The van der Waals surface area contributed by atoms with Crippen LogP contribution < -0.4 is 10.7 Å². The maximum Gasteiger partial charge on any atom is 0.287 e. The highest BCUT2D eigenvalue weighted by Crippen LogP contribution is 2.68. The van der Waals surface area contributed by atoms with Gasteiger partial charge in [0.1, 0.15) is 11.1 Å². The quantitative estimate of drug-likeness (QED) is 0.0997. The summed E-state index contributed by atoms with van der Waals surface area (Å²) in [4.78, 5) is 27.7. The van der Waals surface area contributed by atoms with Gasteiger partial charge >= 0.3 is 0 Å². The Kier molecular flexibility index (Phi) is 8.82. The van der Waals surface area contributed by atoms with E-state index in [4.69, 9.17) is 11.6 Å². The fourth-order valence-corrected chi connectivity index (χ4v) is 10.9. The molecule has 0 saturated heterocycles. The molecule has 1 aromatic heterocycles. The Morgan fingerprint density at radius 1 is 1.02 bits per heavy atom. The van der Waals surface area contributed by atoms with E-state index in [1.165, 1.54) is 16.9 Å². The molecule has 2 aromatic carbocycles. The molecule has 9 heteroatoms. The third-order valence-corrected chi connectivity index (χ3v) is 13.4. The summed E-state index contributed by atoms with van der Waals surface area (Å²) in [5.74, 6) is 1.12. The van der Waals surface area contributed by atoms with Crippen LogP contribution in [-0.2, 0) is 4.79 Å². The van der Waals surface area contributed by atoms with Crippen LogP contribution in [0.2, 0.25) is 5.02 Å². The zero-order valence-corrected chi connectivity index (χ0v) is 28.9. The van der Waals surface area contributed by atoms with Gasteiger partial charge in [0.15, 0.2) is 5.78 Å². The largest absolute Gasteiger partial charge is 0.393 e. The van der Waals surface area contributed by atoms with Crippen molar-refractivity contribution in [3.8, 4) is 6.07 Å². The number of halogens is 1. The fraction of sp³-hybridized carbons (Fsp3) is 0.436. The Balaban J connectivity index is 1.19. The van der Waals surface area contributed by atoms with Crippen molar-refractivity contribution in [1.82, 2.24) is 0 Å². The smallest absolute Gasteiger partial charge is 0.287 e. The fourth-order valence-electron chi connectivity index (χ4n) is 9.77. The number of hydrogen-bond acceptors (Lipinski definition) is 7. The molecule has 0 aliphatic heterocycles. The van der Waals surface area contributed by atoms with Crippen LogP contribution in [-0.4, -0.2) is 28.6 Å². The van der Waals surface area contributed by atoms with Crippen LogP contribution in [0.4, 0.5) is 10.7 Å². The molecule has 0 radical (unpaired) electrons. The van der Waals surface area contributed by atoms with Crippen LogP contribution in [0, 0.1) is 39.9 Å². The number of fused-ring (bicyclic) bond motifs is 5. The van der Waals surface area contributed by atoms with E-state index in [0.717, 1.165) is 56.9 Å². The lowest BCUT2D eigenvalue weighted by molar-refractivity contribution is -0.110. The summed E-state index contributed by atoms with van der Waals surface area (Å²) in [5, 5.41) is 30.2. The van der Waals surface area contributed by atoms with E-state index in [-0.39, 0.29) is 34.3 Å². The number of aliphatic hydroxyl groups excluding tert-OH is 1. The predicted molar refractivity (Wildman–Crippen MR) is 191 cm³/mol. The van der Waals surface area contributed by atoms with Gasteiger partial charge in [-0.25, -0.2) is 0 Å². The van der Waals surface area contributed by atoms with Crippen molar-refractivity contribution in [3.63, 3.8) is 0 Å². The van der Waals surface area contributed by atoms with Gasteiger partial charge in [-0.3, -0.25) is 15.0 Å². The highest BCUT2D eigenvalue weighted by atomic mass is 35.5. The van der Waals surface area contributed by atoms with Gasteiger partial charge in [0.25, 0.3) is 5.91 Å². The highest BCUT2D eigenvalue weighted by Gasteiger charge is 2.59. The number of nitrogens with one attached hydrogen (secondary N) is 2. The molecule has 7 nitrogen and oxygen atoms in total. The third kappa shape index (κ3) is 5.70. The van der Waals surface area contributed by atoms with E-state index in [0.29, 0.717) is 44.6 Å². The zero-order chi connectivity index (χ0) is 33.6. The molecule has 1 amide bonds. The first-order valence-corrected chi connectivity index (χ1v) is 18.3. The zero-order valence-electron chi connectivity index (χ0n) is 27.3. The molecule has 4 aliphatic rings. The first-order chi connectivity index (χ1) is 23.1. The summed E-state index contributed by atoms with van der Waals surface area (Å²) >= 11 is 7.32. The minimum atomic E-state index is -0.680. The van der Waals surface area contributed by atoms with Crippen molar-refractivity contribution in [2.24, 2.45) is 33.7 Å². The molecule has 1 heterocycles. The van der Waals surface area contributed by atoms with E-state index in [2.05, 4.69) is 41.1 Å². The van der Waals surface area contributed by atoms with Crippen molar-refractivity contribution in [3.05, 3.63) is 93.3 Å². The van der Waals surface area contributed by atoms with E-state index in [1.54, 1.807) is 24.3 Å². The number of amides is 1. The minimum absolute atomic E-state index is 0.0207. The minimum Gasteiger partial charge on any atom is -0.393 e. The number of hydrogen-bond donors (Lipinski definition) is 3. The second-order valence-corrected chi connectivity index (χ2v) is 15.9. The number of allylic oxidation sites excluding steroid dienone is 1. The molecular weight excluding hydrogens is 640 g/mol. The molecule has 7 rings (SSSR count). The summed E-state index contributed by atoms with van der Waals surface area (Å²) in [6.45, 7) is 4.89. The van der Waals surface area contributed by atoms with Crippen LogP contribution in [0.5, 0.6) is 0 Å². The molecule has 3 fully saturated rings. The lowest BCUT2D eigenvalue weighted by atomic mass is 9.47. The average Bonchev–Trinajstić information content (AvgIpc) is 3.66. The molecule has 48 heavy (non-hydrogen) atoms. The molecule has 3 saturated carbocycles. The van der Waals surface area contributed by atoms with Gasteiger partial charge in [0, 0.05) is 10.6 Å². The van der Waals surface area contributed by atoms with Gasteiger partial charge in [-0.15, -0.1) is 11.3 Å². The van der Waals surface area contributed by atoms with Crippen LogP contribution in [0.25, 0.3) is 0 Å². The van der Waals surface area contributed by atoms with Crippen molar-refractivity contribution in [2.75, 3.05) is 10.7 Å². The monoisotopic (exact) mass is 680 g/mol. The second kappa shape index (κ2) is 12.9. The van der Waals surface area contributed by atoms with Crippen molar-refractivity contribution < 1.29 is 14.7 Å². The van der Waals surface area contributed by atoms with Crippen LogP contribution in [0.1, 0.15) is 92.6 Å². The van der Waals surface area contributed by atoms with Gasteiger partial charge in [-0.1, -0.05) is 67.4 Å². The summed E-state index contributed by atoms with van der Waals surface area (Å²) in [6.07, 6.45) is 10.4. The number of anilines is 2. The Morgan fingerprint density at radius 3 is 2.54 bits per heavy atom. The highest BCUT2D eigenvalue weighted by molar-refractivity contribution is 7.15. The van der Waals surface area contributed by atoms with Crippen molar-refractivity contribution in [1.29, 1.82) is 5.26 Å². The van der Waals surface area contributed by atoms with Crippen LogP contribution in [0.3, 0.4) is 0 Å². The summed E-state index contributed by atoms with van der Waals surface area (Å²) in [7, 11) is 0. The maximum atomic E-state index is 14.3. The lowest BCUT2D eigenvalue weighted by Gasteiger charge is -2.58. The number of nitrogens with zero attached hydrogens (tertiary/aromatic N) is 2. The summed E-state index contributed by atoms with van der Waals surface area (Å²) in [6, 6.07) is 17.9. The van der Waals surface area contributed by atoms with E-state index in [9.17, 15) is 20.0 Å². The average molecular weight is 681 g/mol. The summed E-state index contributed by atoms with van der Waals surface area (Å²) < 4.78 is 0. The predicted octanol–water partition coefficient (Wildman–Crippen LogP) is 8.97. The van der Waals surface area contributed by atoms with Gasteiger partial charge in [-0.05, 0) is 121 Å². The molecule has 7 atom stereocenters. The van der Waals surface area contributed by atoms with E-state index >= 15 is 0 Å². The van der Waals surface area contributed by atoms with Gasteiger partial charge < -0.3 is 10.4 Å². The molecule has 0 unspecified atom stereocenters. The van der Waals surface area contributed by atoms with E-state index in [1.807, 2.05) is 36.4 Å². The molecule has 0 spiro atoms. The second-order valence-electron chi connectivity index (χ2n) is 14.6. The molecule has 3 N–H and O–H groups in total. The molecule has 0 bridgehead atoms. The maximum absolute atomic E-state index is 14.3. The summed E-state index contributed by atoms with van der Waals surface area (Å²) in [5.41, 5.74) is 6.72. The number of thiophene rings is 1. The first kappa shape index (κ1) is 32.8. The van der Waals surface area contributed by atoms with E-state index < -0.39 is 5.91 Å². The molecular formula is C39H41ClN4O3S. The van der Waals surface area contributed by atoms with Crippen LogP contribution in [0.15, 0.2) is 76.7 Å². The number of ketones is 1. The molecule has 248 valence electrons. The Morgan fingerprint density at radius 2 is 1.79 bits per heavy atom. The Hall–Kier alpha value is -3.77. The number of carbonyl (C=O) groups excluding carboxylic acids is 2. The number of rotatable bonds is 7. The number of aliphatic hydroxyl groups is 1.